The first-order valence-electron chi connectivity index (χ1n) is 8.96. The van der Waals surface area contributed by atoms with Gasteiger partial charge in [-0.15, -0.1) is 10.2 Å². The molecule has 1 N–H and O–H groups in total. The second-order valence-corrected chi connectivity index (χ2v) is 8.76. The van der Waals surface area contributed by atoms with Crippen LogP contribution in [0.3, 0.4) is 0 Å². The van der Waals surface area contributed by atoms with Gasteiger partial charge in [0.25, 0.3) is 5.91 Å². The summed E-state index contributed by atoms with van der Waals surface area (Å²) < 4.78 is 32.6. The van der Waals surface area contributed by atoms with E-state index in [-0.39, 0.29) is 17.0 Å². The number of aromatic nitrogens is 3. The molecule has 0 saturated carbocycles. The van der Waals surface area contributed by atoms with Gasteiger partial charge in [-0.25, -0.2) is 17.5 Å². The van der Waals surface area contributed by atoms with Crippen molar-refractivity contribution < 1.29 is 22.7 Å². The minimum absolute atomic E-state index is 0.0223. The summed E-state index contributed by atoms with van der Waals surface area (Å²) >= 11 is 0. The Morgan fingerprint density at radius 3 is 2.60 bits per heavy atom. The van der Waals surface area contributed by atoms with Crippen molar-refractivity contribution in [1.82, 2.24) is 24.2 Å². The number of fused-ring (bicyclic) bond motifs is 1. The van der Waals surface area contributed by atoms with E-state index in [0.29, 0.717) is 17.0 Å². The summed E-state index contributed by atoms with van der Waals surface area (Å²) in [5, 5.41) is 10.4. The molecule has 10 nitrogen and oxygen atoms in total. The van der Waals surface area contributed by atoms with Crippen LogP contribution in [0.15, 0.2) is 47.5 Å². The van der Waals surface area contributed by atoms with E-state index < -0.39 is 28.5 Å². The monoisotopic (exact) mass is 431 g/mol. The summed E-state index contributed by atoms with van der Waals surface area (Å²) in [6, 6.07) is 9.53. The van der Waals surface area contributed by atoms with Crippen LogP contribution in [0.5, 0.6) is 0 Å². The van der Waals surface area contributed by atoms with Crippen LogP contribution in [0.1, 0.15) is 21.7 Å². The SMILES string of the molecule is Cc1nnc2ccc(C(=O)OCC(=O)NCc3ccccc3S(=O)(=O)N(C)C)cn12. The average Bonchev–Trinajstić information content (AvgIpc) is 3.10. The summed E-state index contributed by atoms with van der Waals surface area (Å²) in [5.41, 5.74) is 1.27. The van der Waals surface area contributed by atoms with Crippen LogP contribution in [0, 0.1) is 6.92 Å². The van der Waals surface area contributed by atoms with Gasteiger partial charge in [-0.2, -0.15) is 0 Å². The van der Waals surface area contributed by atoms with Gasteiger partial charge in [0, 0.05) is 26.8 Å². The van der Waals surface area contributed by atoms with Gasteiger partial charge in [0.15, 0.2) is 12.3 Å². The first kappa shape index (κ1) is 21.4. The van der Waals surface area contributed by atoms with Crippen LogP contribution in [0.4, 0.5) is 0 Å². The highest BCUT2D eigenvalue weighted by Crippen LogP contribution is 2.18. The van der Waals surface area contributed by atoms with Crippen molar-refractivity contribution in [2.24, 2.45) is 0 Å². The number of sulfonamides is 1. The summed E-state index contributed by atoms with van der Waals surface area (Å²) in [6.07, 6.45) is 1.53. The number of amides is 1. The third-order valence-electron chi connectivity index (χ3n) is 4.35. The van der Waals surface area contributed by atoms with Crippen LogP contribution in [-0.4, -0.2) is 59.9 Å². The summed E-state index contributed by atoms with van der Waals surface area (Å²) in [5.74, 6) is -0.610. The summed E-state index contributed by atoms with van der Waals surface area (Å²) in [6.45, 7) is 1.23. The molecule has 0 unspecified atom stereocenters. The zero-order valence-electron chi connectivity index (χ0n) is 16.7. The number of ether oxygens (including phenoxy) is 1. The Labute approximate surface area is 173 Å². The normalized spacial score (nSPS) is 11.6. The van der Waals surface area contributed by atoms with Gasteiger partial charge >= 0.3 is 5.97 Å². The molecule has 0 saturated heterocycles. The maximum Gasteiger partial charge on any atom is 0.340 e. The van der Waals surface area contributed by atoms with Gasteiger partial charge in [0.2, 0.25) is 10.0 Å². The van der Waals surface area contributed by atoms with E-state index in [1.54, 1.807) is 35.6 Å². The lowest BCUT2D eigenvalue weighted by Gasteiger charge is -2.15. The van der Waals surface area contributed by atoms with E-state index in [9.17, 15) is 18.0 Å². The van der Waals surface area contributed by atoms with Gasteiger partial charge < -0.3 is 10.1 Å². The third kappa shape index (κ3) is 4.47. The lowest BCUT2D eigenvalue weighted by atomic mass is 10.2. The van der Waals surface area contributed by atoms with Crippen LogP contribution >= 0.6 is 0 Å². The fourth-order valence-electron chi connectivity index (χ4n) is 2.68. The summed E-state index contributed by atoms with van der Waals surface area (Å²) in [7, 11) is -0.783. The number of carbonyl (C=O) groups is 2. The maximum atomic E-state index is 12.4. The van der Waals surface area contributed by atoms with E-state index in [1.165, 1.54) is 32.4 Å². The highest BCUT2D eigenvalue weighted by atomic mass is 32.2. The molecular formula is C19H21N5O5S. The molecule has 2 heterocycles. The molecule has 30 heavy (non-hydrogen) atoms. The first-order valence-corrected chi connectivity index (χ1v) is 10.4. The number of rotatable bonds is 7. The molecule has 2 aromatic heterocycles. The Morgan fingerprint density at radius 1 is 1.13 bits per heavy atom. The number of carbonyl (C=O) groups excluding carboxylic acids is 2. The molecule has 0 radical (unpaired) electrons. The van der Waals surface area contributed by atoms with Gasteiger partial charge in [0.05, 0.1) is 10.5 Å². The predicted octanol–water partition coefficient (Wildman–Crippen LogP) is 0.761. The van der Waals surface area contributed by atoms with Crippen molar-refractivity contribution in [1.29, 1.82) is 0 Å². The van der Waals surface area contributed by atoms with Crippen molar-refractivity contribution in [3.63, 3.8) is 0 Å². The highest BCUT2D eigenvalue weighted by molar-refractivity contribution is 7.89. The van der Waals surface area contributed by atoms with Crippen molar-refractivity contribution in [3.05, 3.63) is 59.5 Å². The Bertz CT molecular complexity index is 1200. The van der Waals surface area contributed by atoms with Crippen molar-refractivity contribution in [3.8, 4) is 0 Å². The molecular weight excluding hydrogens is 410 g/mol. The highest BCUT2D eigenvalue weighted by Gasteiger charge is 2.21. The van der Waals surface area contributed by atoms with Crippen molar-refractivity contribution in [2.75, 3.05) is 20.7 Å². The number of esters is 1. The topological polar surface area (TPSA) is 123 Å². The second-order valence-electron chi connectivity index (χ2n) is 6.64. The van der Waals surface area contributed by atoms with Crippen LogP contribution < -0.4 is 5.32 Å². The maximum absolute atomic E-state index is 12.4. The molecule has 0 aliphatic heterocycles. The molecule has 3 aromatic rings. The van der Waals surface area contributed by atoms with Crippen molar-refractivity contribution >= 4 is 27.5 Å². The molecule has 11 heteroatoms. The number of pyridine rings is 1. The van der Waals surface area contributed by atoms with Crippen molar-refractivity contribution in [2.45, 2.75) is 18.4 Å². The quantitative estimate of drug-likeness (QED) is 0.548. The minimum Gasteiger partial charge on any atom is -0.452 e. The number of nitrogens with one attached hydrogen (secondary N) is 1. The number of aryl methyl sites for hydroxylation is 1. The standard InChI is InChI=1S/C19H21N5O5S/c1-13-21-22-17-9-8-15(11-24(13)17)19(26)29-12-18(25)20-10-14-6-4-5-7-16(14)30(27,28)23(2)3/h4-9,11H,10,12H2,1-3H3,(H,20,25). The summed E-state index contributed by atoms with van der Waals surface area (Å²) in [4.78, 5) is 24.4. The fourth-order valence-corrected chi connectivity index (χ4v) is 3.80. The average molecular weight is 431 g/mol. The molecule has 0 bridgehead atoms. The van der Waals surface area contributed by atoms with Crippen LogP contribution in [0.25, 0.3) is 5.65 Å². The molecule has 158 valence electrons. The molecule has 0 atom stereocenters. The van der Waals surface area contributed by atoms with Gasteiger partial charge in [-0.3, -0.25) is 9.20 Å². The first-order chi connectivity index (χ1) is 14.2. The number of hydrogen-bond acceptors (Lipinski definition) is 7. The molecule has 1 aromatic carbocycles. The molecule has 0 aliphatic carbocycles. The molecule has 0 spiro atoms. The fraction of sp³-hybridized carbons (Fsp3) is 0.263. The minimum atomic E-state index is -3.65. The van der Waals surface area contributed by atoms with Crippen LogP contribution in [0.2, 0.25) is 0 Å². The van der Waals surface area contributed by atoms with Gasteiger partial charge in [-0.1, -0.05) is 18.2 Å². The lowest BCUT2D eigenvalue weighted by Crippen LogP contribution is -2.30. The number of nitrogens with zero attached hydrogens (tertiary/aromatic N) is 4. The van der Waals surface area contributed by atoms with Gasteiger partial charge in [-0.05, 0) is 30.7 Å². The van der Waals surface area contributed by atoms with E-state index in [1.807, 2.05) is 0 Å². The second kappa shape index (κ2) is 8.59. The molecule has 0 fully saturated rings. The molecule has 3 rings (SSSR count). The zero-order chi connectivity index (χ0) is 21.9. The smallest absolute Gasteiger partial charge is 0.340 e. The van der Waals surface area contributed by atoms with Crippen LogP contribution in [-0.2, 0) is 26.1 Å². The Balaban J connectivity index is 1.60. The molecule has 0 aliphatic rings. The Morgan fingerprint density at radius 2 is 1.87 bits per heavy atom. The predicted molar refractivity (Wildman–Crippen MR) is 107 cm³/mol. The molecule has 1 amide bonds. The van der Waals surface area contributed by atoms with E-state index in [2.05, 4.69) is 15.5 Å². The number of benzene rings is 1. The van der Waals surface area contributed by atoms with E-state index >= 15 is 0 Å². The Kier molecular flexibility index (Phi) is 6.13. The zero-order valence-corrected chi connectivity index (χ0v) is 17.5. The largest absolute Gasteiger partial charge is 0.452 e. The van der Waals surface area contributed by atoms with E-state index in [0.717, 1.165) is 4.31 Å². The Hall–Kier alpha value is -3.31. The third-order valence-corrected chi connectivity index (χ3v) is 6.27. The van der Waals surface area contributed by atoms with E-state index in [4.69, 9.17) is 4.74 Å². The number of hydrogen-bond donors (Lipinski definition) is 1. The van der Waals surface area contributed by atoms with Gasteiger partial charge in [0.1, 0.15) is 5.82 Å². The lowest BCUT2D eigenvalue weighted by molar-refractivity contribution is -0.124.